The monoisotopic (exact) mass is 196 g/mol. The van der Waals surface area contributed by atoms with E-state index in [1.54, 1.807) is 0 Å². The normalized spacial score (nSPS) is 10.2. The molecule has 0 aliphatic heterocycles. The molecule has 0 unspecified atom stereocenters. The summed E-state index contributed by atoms with van der Waals surface area (Å²) in [5, 5.41) is 0. The second-order valence-electron chi connectivity index (χ2n) is 3.81. The zero-order chi connectivity index (χ0) is 10.5. The van der Waals surface area contributed by atoms with Gasteiger partial charge in [0, 0.05) is 0 Å². The molecular weight excluding hydrogens is 180 g/mol. The van der Waals surface area contributed by atoms with Crippen LogP contribution in [0.5, 0.6) is 0 Å². The van der Waals surface area contributed by atoms with E-state index in [1.807, 2.05) is 0 Å². The standard InChI is InChI=1S/C15H16/c1-2-6-13-9-11-15(12-10-13)14-7-4-3-5-8-14/h3-5,7-12H,2,6H2,1H3. The Balaban J connectivity index is 2.24. The Hall–Kier alpha value is -1.56. The Morgan fingerprint density at radius 3 is 1.93 bits per heavy atom. The van der Waals surface area contributed by atoms with Crippen LogP contribution in [0.1, 0.15) is 18.9 Å². The van der Waals surface area contributed by atoms with E-state index in [0.29, 0.717) is 0 Å². The molecule has 0 amide bonds. The van der Waals surface area contributed by atoms with Gasteiger partial charge in [-0.25, -0.2) is 0 Å². The summed E-state index contributed by atoms with van der Waals surface area (Å²) < 4.78 is 0. The van der Waals surface area contributed by atoms with Gasteiger partial charge in [0.25, 0.3) is 0 Å². The molecule has 0 heteroatoms. The lowest BCUT2D eigenvalue weighted by Crippen LogP contribution is -1.83. The Labute approximate surface area is 91.6 Å². The van der Waals surface area contributed by atoms with Crippen molar-refractivity contribution in [1.29, 1.82) is 0 Å². The van der Waals surface area contributed by atoms with Gasteiger partial charge in [0.2, 0.25) is 0 Å². The summed E-state index contributed by atoms with van der Waals surface area (Å²) in [6.07, 6.45) is 2.39. The van der Waals surface area contributed by atoms with E-state index in [2.05, 4.69) is 61.5 Å². The van der Waals surface area contributed by atoms with E-state index in [-0.39, 0.29) is 0 Å². The minimum absolute atomic E-state index is 1.18. The van der Waals surface area contributed by atoms with Crippen molar-refractivity contribution in [3.8, 4) is 11.1 Å². The topological polar surface area (TPSA) is 0 Å². The smallest absolute Gasteiger partial charge is 0.0184 e. The minimum atomic E-state index is 1.18. The molecule has 0 radical (unpaired) electrons. The number of hydrogen-bond acceptors (Lipinski definition) is 0. The van der Waals surface area contributed by atoms with E-state index < -0.39 is 0 Å². The average Bonchev–Trinajstić information content (AvgIpc) is 2.32. The van der Waals surface area contributed by atoms with Crippen molar-refractivity contribution in [2.45, 2.75) is 19.8 Å². The van der Waals surface area contributed by atoms with Gasteiger partial charge in [-0.05, 0) is 23.1 Å². The van der Waals surface area contributed by atoms with Gasteiger partial charge in [-0.15, -0.1) is 0 Å². The fourth-order valence-corrected chi connectivity index (χ4v) is 1.78. The third-order valence-electron chi connectivity index (χ3n) is 2.60. The largest absolute Gasteiger partial charge is 0.0651 e. The second-order valence-corrected chi connectivity index (χ2v) is 3.81. The summed E-state index contributed by atoms with van der Waals surface area (Å²) in [5.41, 5.74) is 4.02. The van der Waals surface area contributed by atoms with Gasteiger partial charge >= 0.3 is 0 Å². The molecule has 0 aliphatic rings. The van der Waals surface area contributed by atoms with Crippen LogP contribution in [0, 0.1) is 0 Å². The van der Waals surface area contributed by atoms with Gasteiger partial charge in [-0.2, -0.15) is 0 Å². The van der Waals surface area contributed by atoms with Crippen LogP contribution in [0.4, 0.5) is 0 Å². The van der Waals surface area contributed by atoms with Crippen molar-refractivity contribution < 1.29 is 0 Å². The molecule has 0 heterocycles. The highest BCUT2D eigenvalue weighted by atomic mass is 14.0. The molecule has 0 saturated carbocycles. The van der Waals surface area contributed by atoms with Gasteiger partial charge < -0.3 is 0 Å². The zero-order valence-corrected chi connectivity index (χ0v) is 9.11. The van der Waals surface area contributed by atoms with E-state index in [9.17, 15) is 0 Å². The molecule has 0 fully saturated rings. The van der Waals surface area contributed by atoms with Crippen LogP contribution in [-0.4, -0.2) is 0 Å². The second kappa shape index (κ2) is 4.79. The lowest BCUT2D eigenvalue weighted by molar-refractivity contribution is 0.922. The van der Waals surface area contributed by atoms with Crippen LogP contribution < -0.4 is 0 Å². The SMILES string of the molecule is CCCc1ccc(-c2ccccc2)cc1. The van der Waals surface area contributed by atoms with Gasteiger partial charge in [0.15, 0.2) is 0 Å². The van der Waals surface area contributed by atoms with Crippen LogP contribution in [-0.2, 0) is 6.42 Å². The number of benzene rings is 2. The lowest BCUT2D eigenvalue weighted by Gasteiger charge is -2.03. The van der Waals surface area contributed by atoms with E-state index >= 15 is 0 Å². The van der Waals surface area contributed by atoms with E-state index in [0.717, 1.165) is 0 Å². The van der Waals surface area contributed by atoms with Gasteiger partial charge in [-0.3, -0.25) is 0 Å². The van der Waals surface area contributed by atoms with Crippen molar-refractivity contribution >= 4 is 0 Å². The minimum Gasteiger partial charge on any atom is -0.0651 e. The summed E-state index contributed by atoms with van der Waals surface area (Å²) in [7, 11) is 0. The van der Waals surface area contributed by atoms with Gasteiger partial charge in [0.1, 0.15) is 0 Å². The highest BCUT2D eigenvalue weighted by molar-refractivity contribution is 5.63. The van der Waals surface area contributed by atoms with Crippen LogP contribution in [0.3, 0.4) is 0 Å². The lowest BCUT2D eigenvalue weighted by atomic mass is 10.0. The molecule has 0 N–H and O–H groups in total. The van der Waals surface area contributed by atoms with Gasteiger partial charge in [-0.1, -0.05) is 67.9 Å². The van der Waals surface area contributed by atoms with Gasteiger partial charge in [0.05, 0.1) is 0 Å². The predicted molar refractivity (Wildman–Crippen MR) is 65.9 cm³/mol. The Morgan fingerprint density at radius 2 is 1.33 bits per heavy atom. The zero-order valence-electron chi connectivity index (χ0n) is 9.11. The molecule has 0 saturated heterocycles. The Bertz CT molecular complexity index is 398. The first-order chi connectivity index (χ1) is 7.40. The molecule has 0 bridgehead atoms. The third kappa shape index (κ3) is 2.47. The summed E-state index contributed by atoms with van der Waals surface area (Å²) in [6, 6.07) is 19.4. The molecule has 0 aromatic heterocycles. The summed E-state index contributed by atoms with van der Waals surface area (Å²) in [5.74, 6) is 0. The molecular formula is C15H16. The van der Waals surface area contributed by atoms with Crippen LogP contribution >= 0.6 is 0 Å². The molecule has 2 aromatic carbocycles. The van der Waals surface area contributed by atoms with E-state index in [1.165, 1.54) is 29.5 Å². The highest BCUT2D eigenvalue weighted by Crippen LogP contribution is 2.19. The van der Waals surface area contributed by atoms with Crippen LogP contribution in [0.15, 0.2) is 54.6 Å². The van der Waals surface area contributed by atoms with Crippen LogP contribution in [0.2, 0.25) is 0 Å². The van der Waals surface area contributed by atoms with E-state index in [4.69, 9.17) is 0 Å². The Kier molecular flexibility index (Phi) is 3.18. The molecule has 2 rings (SSSR count). The summed E-state index contributed by atoms with van der Waals surface area (Å²) >= 11 is 0. The molecule has 2 aromatic rings. The number of aryl methyl sites for hydroxylation is 1. The van der Waals surface area contributed by atoms with Crippen molar-refractivity contribution in [2.24, 2.45) is 0 Å². The first-order valence-corrected chi connectivity index (χ1v) is 5.54. The van der Waals surface area contributed by atoms with Crippen molar-refractivity contribution in [3.63, 3.8) is 0 Å². The molecule has 0 nitrogen and oxygen atoms in total. The van der Waals surface area contributed by atoms with Crippen molar-refractivity contribution in [1.82, 2.24) is 0 Å². The average molecular weight is 196 g/mol. The predicted octanol–water partition coefficient (Wildman–Crippen LogP) is 4.31. The Morgan fingerprint density at radius 1 is 0.733 bits per heavy atom. The number of hydrogen-bond donors (Lipinski definition) is 0. The fourth-order valence-electron chi connectivity index (χ4n) is 1.78. The van der Waals surface area contributed by atoms with Crippen molar-refractivity contribution in [2.75, 3.05) is 0 Å². The van der Waals surface area contributed by atoms with Crippen molar-refractivity contribution in [3.05, 3.63) is 60.2 Å². The first-order valence-electron chi connectivity index (χ1n) is 5.54. The summed E-state index contributed by atoms with van der Waals surface area (Å²) in [6.45, 7) is 2.21. The molecule has 15 heavy (non-hydrogen) atoms. The molecule has 0 atom stereocenters. The summed E-state index contributed by atoms with van der Waals surface area (Å²) in [4.78, 5) is 0. The highest BCUT2D eigenvalue weighted by Gasteiger charge is 1.96. The molecule has 0 aliphatic carbocycles. The van der Waals surface area contributed by atoms with Crippen LogP contribution in [0.25, 0.3) is 11.1 Å². The quantitative estimate of drug-likeness (QED) is 0.686. The first kappa shape index (κ1) is 9.97. The maximum absolute atomic E-state index is 2.23. The number of rotatable bonds is 3. The third-order valence-corrected chi connectivity index (χ3v) is 2.60. The fraction of sp³-hybridized carbons (Fsp3) is 0.200. The molecule has 76 valence electrons. The maximum Gasteiger partial charge on any atom is -0.0184 e. The maximum atomic E-state index is 2.23. The molecule has 0 spiro atoms.